The Morgan fingerprint density at radius 3 is 2.67 bits per heavy atom. The highest BCUT2D eigenvalue weighted by Gasteiger charge is 2.37. The van der Waals surface area contributed by atoms with Crippen molar-refractivity contribution in [3.8, 4) is 0 Å². The van der Waals surface area contributed by atoms with Crippen LogP contribution in [0.4, 0.5) is 0 Å². The van der Waals surface area contributed by atoms with Crippen molar-refractivity contribution in [2.45, 2.75) is 50.9 Å². The van der Waals surface area contributed by atoms with E-state index in [1.54, 1.807) is 0 Å². The average Bonchev–Trinajstić information content (AvgIpc) is 2.65. The van der Waals surface area contributed by atoms with E-state index in [9.17, 15) is 0 Å². The lowest BCUT2D eigenvalue weighted by atomic mass is 9.78. The minimum Gasteiger partial charge on any atom is -0.321 e. The normalized spacial score (nSPS) is 19.8. The SMILES string of the molecule is Cc1ccc2nc(C(C)Cl)n(C3(C)CCC3)c2c1. The standard InChI is InChI=1S/C15H19ClN2/c1-10-5-6-12-13(9-10)18(14(17-12)11(2)16)15(3)7-4-8-15/h5-6,9,11H,4,7-8H2,1-3H3. The number of benzene rings is 1. The molecule has 0 N–H and O–H groups in total. The number of nitrogens with zero attached hydrogens (tertiary/aromatic N) is 2. The van der Waals surface area contributed by atoms with E-state index in [2.05, 4.69) is 36.6 Å². The van der Waals surface area contributed by atoms with Crippen LogP contribution < -0.4 is 0 Å². The van der Waals surface area contributed by atoms with Gasteiger partial charge in [0.15, 0.2) is 0 Å². The topological polar surface area (TPSA) is 17.8 Å². The molecule has 1 aliphatic carbocycles. The van der Waals surface area contributed by atoms with Crippen LogP contribution in [0.2, 0.25) is 0 Å². The molecule has 1 saturated carbocycles. The van der Waals surface area contributed by atoms with E-state index < -0.39 is 0 Å². The Morgan fingerprint density at radius 1 is 1.39 bits per heavy atom. The Balaban J connectivity index is 2.30. The molecule has 0 aliphatic heterocycles. The summed E-state index contributed by atoms with van der Waals surface area (Å²) in [7, 11) is 0. The molecule has 1 unspecified atom stereocenters. The molecule has 1 heterocycles. The molecule has 0 amide bonds. The molecule has 1 aromatic carbocycles. The van der Waals surface area contributed by atoms with Gasteiger partial charge < -0.3 is 4.57 Å². The van der Waals surface area contributed by atoms with E-state index >= 15 is 0 Å². The van der Waals surface area contributed by atoms with Crippen LogP contribution in [0.1, 0.15) is 49.9 Å². The van der Waals surface area contributed by atoms with Gasteiger partial charge in [-0.2, -0.15) is 0 Å². The maximum atomic E-state index is 6.32. The Labute approximate surface area is 113 Å². The van der Waals surface area contributed by atoms with E-state index in [1.165, 1.54) is 30.3 Å². The molecule has 2 aromatic rings. The molecule has 1 fully saturated rings. The molecule has 1 aromatic heterocycles. The van der Waals surface area contributed by atoms with Crippen molar-refractivity contribution in [2.75, 3.05) is 0 Å². The van der Waals surface area contributed by atoms with Crippen LogP contribution in [0.5, 0.6) is 0 Å². The number of aromatic nitrogens is 2. The zero-order chi connectivity index (χ0) is 12.9. The second kappa shape index (κ2) is 3.99. The molecule has 1 aliphatic rings. The summed E-state index contributed by atoms with van der Waals surface area (Å²) in [5.41, 5.74) is 3.79. The van der Waals surface area contributed by atoms with E-state index in [-0.39, 0.29) is 10.9 Å². The molecule has 0 radical (unpaired) electrons. The molecule has 96 valence electrons. The van der Waals surface area contributed by atoms with E-state index in [0.717, 1.165) is 11.3 Å². The summed E-state index contributed by atoms with van der Waals surface area (Å²) in [6.07, 6.45) is 3.75. The molecule has 3 rings (SSSR count). The van der Waals surface area contributed by atoms with Crippen LogP contribution in [-0.4, -0.2) is 9.55 Å². The van der Waals surface area contributed by atoms with Crippen LogP contribution in [0.25, 0.3) is 11.0 Å². The van der Waals surface area contributed by atoms with Crippen molar-refractivity contribution in [1.82, 2.24) is 9.55 Å². The fraction of sp³-hybridized carbons (Fsp3) is 0.533. The van der Waals surface area contributed by atoms with Gasteiger partial charge in [-0.1, -0.05) is 6.07 Å². The molecule has 1 atom stereocenters. The molecule has 0 bridgehead atoms. The van der Waals surface area contributed by atoms with Gasteiger partial charge in [-0.15, -0.1) is 11.6 Å². The predicted molar refractivity (Wildman–Crippen MR) is 76.2 cm³/mol. The smallest absolute Gasteiger partial charge is 0.128 e. The quantitative estimate of drug-likeness (QED) is 0.727. The summed E-state index contributed by atoms with van der Waals surface area (Å²) in [5.74, 6) is 1.01. The second-order valence-corrected chi connectivity index (χ2v) is 6.42. The monoisotopic (exact) mass is 262 g/mol. The van der Waals surface area contributed by atoms with Gasteiger partial charge in [-0.3, -0.25) is 0 Å². The summed E-state index contributed by atoms with van der Waals surface area (Å²) in [6, 6.07) is 6.45. The van der Waals surface area contributed by atoms with Crippen molar-refractivity contribution in [3.05, 3.63) is 29.6 Å². The maximum absolute atomic E-state index is 6.32. The molecule has 0 saturated heterocycles. The van der Waals surface area contributed by atoms with Gasteiger partial charge in [0, 0.05) is 5.54 Å². The van der Waals surface area contributed by atoms with E-state index in [4.69, 9.17) is 16.6 Å². The largest absolute Gasteiger partial charge is 0.321 e. The molecule has 2 nitrogen and oxygen atoms in total. The summed E-state index contributed by atoms with van der Waals surface area (Å²) in [6.45, 7) is 6.46. The molecular formula is C15H19ClN2. The Hall–Kier alpha value is -1.02. The first-order valence-corrected chi connectivity index (χ1v) is 7.08. The summed E-state index contributed by atoms with van der Waals surface area (Å²) in [4.78, 5) is 4.73. The van der Waals surface area contributed by atoms with Crippen LogP contribution >= 0.6 is 11.6 Å². The average molecular weight is 263 g/mol. The maximum Gasteiger partial charge on any atom is 0.128 e. The van der Waals surface area contributed by atoms with Gasteiger partial charge in [0.05, 0.1) is 16.4 Å². The Kier molecular flexibility index (Phi) is 2.67. The molecule has 18 heavy (non-hydrogen) atoms. The number of aryl methyl sites for hydroxylation is 1. The highest BCUT2D eigenvalue weighted by atomic mass is 35.5. The predicted octanol–water partition coefficient (Wildman–Crippen LogP) is 4.54. The van der Waals surface area contributed by atoms with Gasteiger partial charge in [0.25, 0.3) is 0 Å². The highest BCUT2D eigenvalue weighted by Crippen LogP contribution is 2.43. The minimum atomic E-state index is -0.0462. The lowest BCUT2D eigenvalue weighted by Crippen LogP contribution is -2.38. The summed E-state index contributed by atoms with van der Waals surface area (Å²) >= 11 is 6.32. The van der Waals surface area contributed by atoms with Crippen molar-refractivity contribution in [2.24, 2.45) is 0 Å². The fourth-order valence-electron chi connectivity index (χ4n) is 2.95. The van der Waals surface area contributed by atoms with Crippen molar-refractivity contribution in [3.63, 3.8) is 0 Å². The van der Waals surface area contributed by atoms with Gasteiger partial charge in [0.1, 0.15) is 5.82 Å². The first kappa shape index (κ1) is 12.0. The number of hydrogen-bond donors (Lipinski definition) is 0. The second-order valence-electron chi connectivity index (χ2n) is 5.76. The zero-order valence-corrected chi connectivity index (χ0v) is 12.0. The minimum absolute atomic E-state index is 0.0462. The third-order valence-corrected chi connectivity index (χ3v) is 4.36. The lowest BCUT2D eigenvalue weighted by Gasteiger charge is -2.41. The van der Waals surface area contributed by atoms with Crippen molar-refractivity contribution in [1.29, 1.82) is 0 Å². The number of fused-ring (bicyclic) bond motifs is 1. The fourth-order valence-corrected chi connectivity index (χ4v) is 3.10. The molecule has 3 heteroatoms. The van der Waals surface area contributed by atoms with Crippen LogP contribution in [0.3, 0.4) is 0 Å². The lowest BCUT2D eigenvalue weighted by molar-refractivity contribution is 0.169. The van der Waals surface area contributed by atoms with Crippen molar-refractivity contribution >= 4 is 22.6 Å². The summed E-state index contributed by atoms with van der Waals surface area (Å²) in [5, 5.41) is -0.0462. The van der Waals surface area contributed by atoms with Gasteiger partial charge in [0.2, 0.25) is 0 Å². The first-order valence-electron chi connectivity index (χ1n) is 6.65. The number of imidazole rings is 1. The van der Waals surface area contributed by atoms with Crippen LogP contribution in [0, 0.1) is 6.92 Å². The number of alkyl halides is 1. The number of halogens is 1. The third kappa shape index (κ3) is 1.66. The van der Waals surface area contributed by atoms with E-state index in [0.29, 0.717) is 0 Å². The number of rotatable bonds is 2. The zero-order valence-electron chi connectivity index (χ0n) is 11.2. The summed E-state index contributed by atoms with van der Waals surface area (Å²) < 4.78 is 2.39. The third-order valence-electron chi connectivity index (χ3n) is 4.16. The molecular weight excluding hydrogens is 244 g/mol. The Bertz CT molecular complexity index is 594. The van der Waals surface area contributed by atoms with Gasteiger partial charge >= 0.3 is 0 Å². The Morgan fingerprint density at radius 2 is 2.11 bits per heavy atom. The number of hydrogen-bond acceptors (Lipinski definition) is 1. The highest BCUT2D eigenvalue weighted by molar-refractivity contribution is 6.20. The first-order chi connectivity index (χ1) is 8.51. The van der Waals surface area contributed by atoms with Gasteiger partial charge in [-0.25, -0.2) is 4.98 Å². The van der Waals surface area contributed by atoms with Crippen LogP contribution in [-0.2, 0) is 5.54 Å². The van der Waals surface area contributed by atoms with Crippen molar-refractivity contribution < 1.29 is 0 Å². The van der Waals surface area contributed by atoms with E-state index in [1.807, 2.05) is 6.92 Å². The molecule has 0 spiro atoms. The van der Waals surface area contributed by atoms with Gasteiger partial charge in [-0.05, 0) is 57.7 Å². The van der Waals surface area contributed by atoms with Crippen LogP contribution in [0.15, 0.2) is 18.2 Å².